The van der Waals surface area contributed by atoms with Gasteiger partial charge in [0, 0.05) is 13.5 Å². The van der Waals surface area contributed by atoms with Crippen LogP contribution in [-0.4, -0.2) is 13.4 Å². The van der Waals surface area contributed by atoms with Crippen LogP contribution in [0.5, 0.6) is 0 Å². The van der Waals surface area contributed by atoms with Crippen LogP contribution < -0.4 is 0 Å². The first-order valence-electron chi connectivity index (χ1n) is 3.87. The Kier molecular flexibility index (Phi) is 3.48. The average Bonchev–Trinajstić information content (AvgIpc) is 2.09. The van der Waals surface area contributed by atoms with E-state index in [9.17, 15) is 4.79 Å². The minimum absolute atomic E-state index is 0.493. The predicted octanol–water partition coefficient (Wildman–Crippen LogP) is 1.57. The minimum Gasteiger partial charge on any atom is -0.380 e. The lowest BCUT2D eigenvalue weighted by Crippen LogP contribution is -1.89. The summed E-state index contributed by atoms with van der Waals surface area (Å²) in [6, 6.07) is 7.84. The van der Waals surface area contributed by atoms with Crippen molar-refractivity contribution < 1.29 is 9.53 Å². The number of carbonyl (C=O) groups is 1. The van der Waals surface area contributed by atoms with E-state index < -0.39 is 0 Å². The summed E-state index contributed by atoms with van der Waals surface area (Å²) >= 11 is 0. The van der Waals surface area contributed by atoms with E-state index in [-0.39, 0.29) is 0 Å². The Labute approximate surface area is 72.2 Å². The van der Waals surface area contributed by atoms with Gasteiger partial charge in [0.05, 0.1) is 6.61 Å². The second-order valence-corrected chi connectivity index (χ2v) is 2.62. The molecule has 1 aromatic carbocycles. The normalized spacial score (nSPS) is 9.75. The number of hydrogen-bond acceptors (Lipinski definition) is 2. The number of aldehydes is 1. The van der Waals surface area contributed by atoms with Gasteiger partial charge in [0.1, 0.15) is 6.29 Å². The summed E-state index contributed by atoms with van der Waals surface area (Å²) in [6.45, 7) is 0.626. The molecule has 0 atom stereocenters. The maximum absolute atomic E-state index is 10.2. The van der Waals surface area contributed by atoms with Gasteiger partial charge in [-0.3, -0.25) is 0 Å². The molecule has 0 saturated carbocycles. The molecule has 0 bridgehead atoms. The van der Waals surface area contributed by atoms with Crippen LogP contribution in [0.1, 0.15) is 11.1 Å². The third-order valence-electron chi connectivity index (χ3n) is 1.65. The molecular formula is C10H12O2. The zero-order valence-corrected chi connectivity index (χ0v) is 7.12. The van der Waals surface area contributed by atoms with E-state index in [0.29, 0.717) is 13.0 Å². The standard InChI is InChI=1S/C10H12O2/c1-12-8-10-4-2-9(3-5-10)6-7-11/h2-5,7H,6,8H2,1H3. The number of benzene rings is 1. The molecule has 0 saturated heterocycles. The van der Waals surface area contributed by atoms with Gasteiger partial charge in [0.2, 0.25) is 0 Å². The fourth-order valence-corrected chi connectivity index (χ4v) is 1.03. The molecule has 0 heterocycles. The van der Waals surface area contributed by atoms with Gasteiger partial charge in [0.15, 0.2) is 0 Å². The van der Waals surface area contributed by atoms with Gasteiger partial charge in [-0.1, -0.05) is 24.3 Å². The highest BCUT2D eigenvalue weighted by atomic mass is 16.5. The molecule has 0 unspecified atom stereocenters. The smallest absolute Gasteiger partial charge is 0.124 e. The lowest BCUT2D eigenvalue weighted by Gasteiger charge is -1.99. The Bertz CT molecular complexity index is 239. The van der Waals surface area contributed by atoms with Crippen molar-refractivity contribution in [2.45, 2.75) is 13.0 Å². The highest BCUT2D eigenvalue weighted by Gasteiger charge is 1.92. The molecule has 1 rings (SSSR count). The van der Waals surface area contributed by atoms with E-state index in [1.54, 1.807) is 7.11 Å². The molecule has 0 fully saturated rings. The number of rotatable bonds is 4. The number of methoxy groups -OCH3 is 1. The average molecular weight is 164 g/mol. The van der Waals surface area contributed by atoms with Crippen molar-refractivity contribution in [3.8, 4) is 0 Å². The van der Waals surface area contributed by atoms with Crippen LogP contribution in [0, 0.1) is 0 Å². The summed E-state index contributed by atoms with van der Waals surface area (Å²) in [7, 11) is 1.67. The first-order chi connectivity index (χ1) is 5.86. The SMILES string of the molecule is COCc1ccc(CC=O)cc1. The van der Waals surface area contributed by atoms with Gasteiger partial charge in [-0.2, -0.15) is 0 Å². The number of hydrogen-bond donors (Lipinski definition) is 0. The minimum atomic E-state index is 0.493. The predicted molar refractivity (Wildman–Crippen MR) is 46.9 cm³/mol. The summed E-state index contributed by atoms with van der Waals surface area (Å²) in [5.74, 6) is 0. The van der Waals surface area contributed by atoms with E-state index in [4.69, 9.17) is 4.74 Å². The maximum Gasteiger partial charge on any atom is 0.124 e. The molecule has 1 aromatic rings. The van der Waals surface area contributed by atoms with Crippen LogP contribution in [0.15, 0.2) is 24.3 Å². The lowest BCUT2D eigenvalue weighted by atomic mass is 10.1. The second-order valence-electron chi connectivity index (χ2n) is 2.62. The summed E-state index contributed by atoms with van der Waals surface area (Å²) in [5.41, 5.74) is 2.18. The molecule has 0 aliphatic rings. The second kappa shape index (κ2) is 4.67. The Balaban J connectivity index is 2.64. The molecule has 64 valence electrons. The molecule has 2 nitrogen and oxygen atoms in total. The zero-order valence-electron chi connectivity index (χ0n) is 7.12. The van der Waals surface area contributed by atoms with Crippen molar-refractivity contribution in [2.24, 2.45) is 0 Å². The van der Waals surface area contributed by atoms with E-state index in [0.717, 1.165) is 17.4 Å². The fourth-order valence-electron chi connectivity index (χ4n) is 1.03. The summed E-state index contributed by atoms with van der Waals surface area (Å²) in [6.07, 6.45) is 1.40. The maximum atomic E-state index is 10.2. The van der Waals surface area contributed by atoms with Gasteiger partial charge in [-0.05, 0) is 11.1 Å². The molecule has 2 heteroatoms. The summed E-state index contributed by atoms with van der Waals surface area (Å²) in [5, 5.41) is 0. The highest BCUT2D eigenvalue weighted by Crippen LogP contribution is 2.04. The van der Waals surface area contributed by atoms with Crippen LogP contribution in [0.4, 0.5) is 0 Å². The molecule has 0 aliphatic heterocycles. The zero-order chi connectivity index (χ0) is 8.81. The Morgan fingerprint density at radius 2 is 1.83 bits per heavy atom. The van der Waals surface area contributed by atoms with Gasteiger partial charge >= 0.3 is 0 Å². The van der Waals surface area contributed by atoms with Gasteiger partial charge in [-0.25, -0.2) is 0 Å². The summed E-state index contributed by atoms with van der Waals surface area (Å²) in [4.78, 5) is 10.2. The van der Waals surface area contributed by atoms with E-state index >= 15 is 0 Å². The highest BCUT2D eigenvalue weighted by molar-refractivity contribution is 5.54. The van der Waals surface area contributed by atoms with Crippen molar-refractivity contribution in [3.63, 3.8) is 0 Å². The Hall–Kier alpha value is -1.15. The molecule has 0 radical (unpaired) electrons. The molecule has 0 amide bonds. The number of carbonyl (C=O) groups excluding carboxylic acids is 1. The van der Waals surface area contributed by atoms with Crippen molar-refractivity contribution in [1.82, 2.24) is 0 Å². The van der Waals surface area contributed by atoms with Crippen molar-refractivity contribution in [1.29, 1.82) is 0 Å². The Morgan fingerprint density at radius 3 is 2.33 bits per heavy atom. The summed E-state index contributed by atoms with van der Waals surface area (Å²) < 4.78 is 4.96. The van der Waals surface area contributed by atoms with E-state index in [1.807, 2.05) is 24.3 Å². The van der Waals surface area contributed by atoms with Crippen LogP contribution in [-0.2, 0) is 22.6 Å². The van der Waals surface area contributed by atoms with E-state index in [1.165, 1.54) is 0 Å². The number of ether oxygens (including phenoxy) is 1. The molecule has 0 aliphatic carbocycles. The van der Waals surface area contributed by atoms with Crippen LogP contribution in [0.25, 0.3) is 0 Å². The monoisotopic (exact) mass is 164 g/mol. The molecule has 0 spiro atoms. The van der Waals surface area contributed by atoms with Gasteiger partial charge < -0.3 is 9.53 Å². The van der Waals surface area contributed by atoms with Crippen molar-refractivity contribution in [3.05, 3.63) is 35.4 Å². The molecule has 12 heavy (non-hydrogen) atoms. The lowest BCUT2D eigenvalue weighted by molar-refractivity contribution is -0.107. The topological polar surface area (TPSA) is 26.3 Å². The first-order valence-corrected chi connectivity index (χ1v) is 3.87. The largest absolute Gasteiger partial charge is 0.380 e. The quantitative estimate of drug-likeness (QED) is 0.631. The third kappa shape index (κ3) is 2.47. The Morgan fingerprint density at radius 1 is 1.25 bits per heavy atom. The van der Waals surface area contributed by atoms with E-state index in [2.05, 4.69) is 0 Å². The molecule has 0 aromatic heterocycles. The first kappa shape index (κ1) is 8.94. The van der Waals surface area contributed by atoms with Gasteiger partial charge in [-0.15, -0.1) is 0 Å². The van der Waals surface area contributed by atoms with Crippen LogP contribution in [0.3, 0.4) is 0 Å². The van der Waals surface area contributed by atoms with Crippen LogP contribution in [0.2, 0.25) is 0 Å². The fraction of sp³-hybridized carbons (Fsp3) is 0.300. The van der Waals surface area contributed by atoms with Crippen molar-refractivity contribution in [2.75, 3.05) is 7.11 Å². The molecular weight excluding hydrogens is 152 g/mol. The third-order valence-corrected chi connectivity index (χ3v) is 1.65. The van der Waals surface area contributed by atoms with Gasteiger partial charge in [0.25, 0.3) is 0 Å². The molecule has 0 N–H and O–H groups in total. The van der Waals surface area contributed by atoms with Crippen molar-refractivity contribution >= 4 is 6.29 Å². The van der Waals surface area contributed by atoms with Crippen LogP contribution >= 0.6 is 0 Å².